The van der Waals surface area contributed by atoms with E-state index in [1.54, 1.807) is 7.11 Å². The quantitative estimate of drug-likeness (QED) is 0.765. The van der Waals surface area contributed by atoms with Crippen molar-refractivity contribution in [1.82, 2.24) is 0 Å². The van der Waals surface area contributed by atoms with E-state index in [0.717, 1.165) is 11.1 Å². The molecule has 0 N–H and O–H groups in total. The lowest BCUT2D eigenvalue weighted by Gasteiger charge is -2.10. The Morgan fingerprint density at radius 2 is 1.78 bits per heavy atom. The summed E-state index contributed by atoms with van der Waals surface area (Å²) in [5.74, 6) is 0.743. The van der Waals surface area contributed by atoms with Crippen molar-refractivity contribution in [3.8, 4) is 5.75 Å². The lowest BCUT2D eigenvalue weighted by atomic mass is 9.98. The average molecular weight is 240 g/mol. The molecule has 2 nitrogen and oxygen atoms in total. The van der Waals surface area contributed by atoms with Crippen LogP contribution in [0.4, 0.5) is 0 Å². The summed E-state index contributed by atoms with van der Waals surface area (Å²) in [7, 11) is 1.59. The van der Waals surface area contributed by atoms with Crippen LogP contribution in [0.25, 0.3) is 0 Å². The molecule has 2 aromatic rings. The van der Waals surface area contributed by atoms with Gasteiger partial charge in [0.15, 0.2) is 5.78 Å². The van der Waals surface area contributed by atoms with Gasteiger partial charge < -0.3 is 4.74 Å². The summed E-state index contributed by atoms with van der Waals surface area (Å²) in [6, 6.07) is 15.4. The summed E-state index contributed by atoms with van der Waals surface area (Å²) in [4.78, 5) is 12.3. The summed E-state index contributed by atoms with van der Waals surface area (Å²) < 4.78 is 5.26. The van der Waals surface area contributed by atoms with Gasteiger partial charge in [-0.1, -0.05) is 42.5 Å². The number of hydrogen-bond donors (Lipinski definition) is 0. The fraction of sp³-hybridized carbons (Fsp3) is 0.188. The van der Waals surface area contributed by atoms with Gasteiger partial charge in [-0.05, 0) is 24.1 Å². The lowest BCUT2D eigenvalue weighted by Crippen LogP contribution is -2.07. The van der Waals surface area contributed by atoms with Crippen LogP contribution in [0.2, 0.25) is 0 Å². The molecule has 0 fully saturated rings. The van der Waals surface area contributed by atoms with Gasteiger partial charge in [0, 0.05) is 6.42 Å². The molecular formula is C16H16O2. The second-order valence-electron chi connectivity index (χ2n) is 4.24. The number of ketones is 1. The van der Waals surface area contributed by atoms with Crippen molar-refractivity contribution in [1.29, 1.82) is 0 Å². The van der Waals surface area contributed by atoms with Crippen LogP contribution in [0, 0.1) is 6.92 Å². The van der Waals surface area contributed by atoms with Gasteiger partial charge in [0.2, 0.25) is 0 Å². The summed E-state index contributed by atoms with van der Waals surface area (Å²) in [6.45, 7) is 1.93. The normalized spacial score (nSPS) is 10.1. The molecule has 0 bridgehead atoms. The molecule has 0 saturated carbocycles. The molecule has 0 aliphatic heterocycles. The molecule has 0 heterocycles. The van der Waals surface area contributed by atoms with E-state index >= 15 is 0 Å². The van der Waals surface area contributed by atoms with Gasteiger partial charge in [-0.3, -0.25) is 4.79 Å². The minimum atomic E-state index is 0.0937. The fourth-order valence-electron chi connectivity index (χ4n) is 2.04. The van der Waals surface area contributed by atoms with Crippen molar-refractivity contribution in [3.63, 3.8) is 0 Å². The van der Waals surface area contributed by atoms with Crippen molar-refractivity contribution < 1.29 is 9.53 Å². The first-order chi connectivity index (χ1) is 8.72. The molecule has 0 unspecified atom stereocenters. The van der Waals surface area contributed by atoms with Crippen LogP contribution in [-0.2, 0) is 6.42 Å². The first-order valence-corrected chi connectivity index (χ1v) is 5.93. The van der Waals surface area contributed by atoms with Crippen LogP contribution in [0.1, 0.15) is 21.5 Å². The zero-order valence-electron chi connectivity index (χ0n) is 10.6. The summed E-state index contributed by atoms with van der Waals surface area (Å²) in [6.07, 6.45) is 0.405. The van der Waals surface area contributed by atoms with Gasteiger partial charge in [-0.25, -0.2) is 0 Å². The van der Waals surface area contributed by atoms with Gasteiger partial charge in [-0.15, -0.1) is 0 Å². The largest absolute Gasteiger partial charge is 0.496 e. The van der Waals surface area contributed by atoms with E-state index in [1.807, 2.05) is 55.5 Å². The number of Topliss-reactive ketones (excluding diaryl/α,β-unsaturated/α-hetero) is 1. The van der Waals surface area contributed by atoms with Crippen molar-refractivity contribution >= 4 is 5.78 Å². The Labute approximate surface area is 107 Å². The smallest absolute Gasteiger partial charge is 0.171 e. The number of carbonyl (C=O) groups is 1. The molecule has 18 heavy (non-hydrogen) atoms. The van der Waals surface area contributed by atoms with Gasteiger partial charge in [0.25, 0.3) is 0 Å². The highest BCUT2D eigenvalue weighted by atomic mass is 16.5. The van der Waals surface area contributed by atoms with Gasteiger partial charge >= 0.3 is 0 Å². The maximum atomic E-state index is 12.3. The topological polar surface area (TPSA) is 26.3 Å². The first kappa shape index (κ1) is 12.4. The van der Waals surface area contributed by atoms with E-state index in [2.05, 4.69) is 0 Å². The molecule has 0 atom stereocenters. The Morgan fingerprint density at radius 3 is 2.44 bits per heavy atom. The number of aryl methyl sites for hydroxylation is 1. The van der Waals surface area contributed by atoms with E-state index in [4.69, 9.17) is 4.74 Å². The van der Waals surface area contributed by atoms with Crippen LogP contribution in [0.5, 0.6) is 5.75 Å². The number of benzene rings is 2. The fourth-order valence-corrected chi connectivity index (χ4v) is 2.04. The molecule has 2 aromatic carbocycles. The Kier molecular flexibility index (Phi) is 3.78. The van der Waals surface area contributed by atoms with Crippen LogP contribution < -0.4 is 4.74 Å². The van der Waals surface area contributed by atoms with Crippen molar-refractivity contribution in [2.45, 2.75) is 13.3 Å². The zero-order valence-corrected chi connectivity index (χ0v) is 10.6. The number of carbonyl (C=O) groups excluding carboxylic acids is 1. The van der Waals surface area contributed by atoms with Crippen molar-refractivity contribution in [3.05, 3.63) is 65.2 Å². The number of ether oxygens (including phenoxy) is 1. The molecule has 2 heteroatoms. The third-order valence-corrected chi connectivity index (χ3v) is 2.94. The minimum Gasteiger partial charge on any atom is -0.496 e. The number of rotatable bonds is 4. The van der Waals surface area contributed by atoms with E-state index in [-0.39, 0.29) is 5.78 Å². The molecule has 0 aliphatic rings. The maximum Gasteiger partial charge on any atom is 0.171 e. The van der Waals surface area contributed by atoms with Crippen LogP contribution in [-0.4, -0.2) is 12.9 Å². The maximum absolute atomic E-state index is 12.3. The Balaban J connectivity index is 2.29. The average Bonchev–Trinajstić information content (AvgIpc) is 2.39. The summed E-state index contributed by atoms with van der Waals surface area (Å²) in [5.41, 5.74) is 2.66. The second-order valence-corrected chi connectivity index (χ2v) is 4.24. The first-order valence-electron chi connectivity index (χ1n) is 5.93. The third-order valence-electron chi connectivity index (χ3n) is 2.94. The van der Waals surface area contributed by atoms with E-state index < -0.39 is 0 Å². The van der Waals surface area contributed by atoms with Gasteiger partial charge in [0.05, 0.1) is 12.7 Å². The molecule has 0 spiro atoms. The van der Waals surface area contributed by atoms with Crippen LogP contribution >= 0.6 is 0 Å². The highest BCUT2D eigenvalue weighted by molar-refractivity contribution is 6.01. The Bertz CT molecular complexity index is 544. The third kappa shape index (κ3) is 2.59. The second kappa shape index (κ2) is 5.50. The van der Waals surface area contributed by atoms with E-state index in [0.29, 0.717) is 17.7 Å². The lowest BCUT2D eigenvalue weighted by molar-refractivity contribution is 0.0989. The summed E-state index contributed by atoms with van der Waals surface area (Å²) >= 11 is 0. The Morgan fingerprint density at radius 1 is 1.06 bits per heavy atom. The van der Waals surface area contributed by atoms with Crippen molar-refractivity contribution in [2.75, 3.05) is 7.11 Å². The number of methoxy groups -OCH3 is 1. The number of hydrogen-bond acceptors (Lipinski definition) is 2. The van der Waals surface area contributed by atoms with Crippen LogP contribution in [0.3, 0.4) is 0 Å². The Hall–Kier alpha value is -2.09. The highest BCUT2D eigenvalue weighted by Gasteiger charge is 2.15. The monoisotopic (exact) mass is 240 g/mol. The highest BCUT2D eigenvalue weighted by Crippen LogP contribution is 2.23. The molecule has 0 saturated heterocycles. The molecular weight excluding hydrogens is 224 g/mol. The van der Waals surface area contributed by atoms with Crippen LogP contribution in [0.15, 0.2) is 48.5 Å². The molecule has 0 aliphatic carbocycles. The SMILES string of the molecule is COc1cccc(C)c1C(=O)Cc1ccccc1. The standard InChI is InChI=1S/C16H16O2/c1-12-7-6-10-15(18-2)16(12)14(17)11-13-8-4-3-5-9-13/h3-10H,11H2,1-2H3. The molecule has 0 radical (unpaired) electrons. The molecule has 0 amide bonds. The van der Waals surface area contributed by atoms with E-state index in [1.165, 1.54) is 0 Å². The predicted octanol–water partition coefficient (Wildman–Crippen LogP) is 3.43. The molecule has 92 valence electrons. The minimum absolute atomic E-state index is 0.0937. The molecule has 2 rings (SSSR count). The summed E-state index contributed by atoms with van der Waals surface area (Å²) in [5, 5.41) is 0. The molecule has 0 aromatic heterocycles. The van der Waals surface area contributed by atoms with E-state index in [9.17, 15) is 4.79 Å². The van der Waals surface area contributed by atoms with Crippen molar-refractivity contribution in [2.24, 2.45) is 0 Å². The zero-order chi connectivity index (χ0) is 13.0. The van der Waals surface area contributed by atoms with Gasteiger partial charge in [-0.2, -0.15) is 0 Å². The van der Waals surface area contributed by atoms with Gasteiger partial charge in [0.1, 0.15) is 5.75 Å². The predicted molar refractivity (Wildman–Crippen MR) is 72.2 cm³/mol.